The Labute approximate surface area is 168 Å². The molecule has 13 heteroatoms. The van der Waals surface area contributed by atoms with Gasteiger partial charge in [0.05, 0.1) is 10.2 Å². The number of hydrogen-bond acceptors (Lipinski definition) is 8. The number of benzene rings is 1. The molecular weight excluding hydrogens is 458 g/mol. The largest absolute Gasteiger partial charge is 0.361 e. The van der Waals surface area contributed by atoms with Crippen molar-refractivity contribution in [3.63, 3.8) is 0 Å². The van der Waals surface area contributed by atoms with Crippen molar-refractivity contribution in [2.75, 3.05) is 32.2 Å². The zero-order valence-electron chi connectivity index (χ0n) is 15.1. The molecule has 0 spiro atoms. The Kier molecular flexibility index (Phi) is 6.46. The molecule has 2 heterocycles. The summed E-state index contributed by atoms with van der Waals surface area (Å²) in [6, 6.07) is 4.06. The number of aromatic nitrogens is 2. The van der Waals surface area contributed by atoms with Crippen LogP contribution in [-0.4, -0.2) is 58.9 Å². The van der Waals surface area contributed by atoms with Crippen molar-refractivity contribution in [1.29, 1.82) is 0 Å². The van der Waals surface area contributed by atoms with Crippen molar-refractivity contribution in [3.05, 3.63) is 34.2 Å². The second-order valence-electron chi connectivity index (χ2n) is 6.16. The average Bonchev–Trinajstić information content (AvgIpc) is 3.33. The summed E-state index contributed by atoms with van der Waals surface area (Å²) >= 11 is 3.08. The van der Waals surface area contributed by atoms with Crippen LogP contribution in [0.15, 0.2) is 32.3 Å². The Morgan fingerprint density at radius 2 is 2.32 bits per heavy atom. The van der Waals surface area contributed by atoms with E-state index in [2.05, 4.69) is 36.6 Å². The first-order valence-corrected chi connectivity index (χ1v) is 11.1. The molecule has 1 aliphatic heterocycles. The van der Waals surface area contributed by atoms with Crippen LogP contribution in [0.1, 0.15) is 12.1 Å². The second-order valence-corrected chi connectivity index (χ2v) is 9.55. The molecule has 0 aliphatic carbocycles. The maximum absolute atomic E-state index is 13.4. The molecule has 2 atom stereocenters. The Hall–Kier alpha value is -1.85. The molecule has 10 nitrogen and oxygen atoms in total. The van der Waals surface area contributed by atoms with E-state index in [4.69, 9.17) is 9.15 Å². The fraction of sp³-hybridized carbons (Fsp3) is 0.400. The van der Waals surface area contributed by atoms with Crippen LogP contribution in [0.3, 0.4) is 0 Å². The number of hydrogen-bond donors (Lipinski definition) is 3. The lowest BCUT2D eigenvalue weighted by Crippen LogP contribution is -2.27. The van der Waals surface area contributed by atoms with Crippen molar-refractivity contribution in [2.45, 2.75) is 12.5 Å². The lowest BCUT2D eigenvalue weighted by atomic mass is 10.2. The van der Waals surface area contributed by atoms with E-state index in [1.165, 1.54) is 25.3 Å². The highest BCUT2D eigenvalue weighted by atomic mass is 79.9. The zero-order valence-corrected chi connectivity index (χ0v) is 17.6. The van der Waals surface area contributed by atoms with Gasteiger partial charge in [-0.2, -0.15) is 0 Å². The Morgan fingerprint density at radius 1 is 1.54 bits per heavy atom. The van der Waals surface area contributed by atoms with Crippen LogP contribution in [0.2, 0.25) is 0 Å². The van der Waals surface area contributed by atoms with E-state index in [9.17, 15) is 14.2 Å². The van der Waals surface area contributed by atoms with E-state index in [1.807, 2.05) is 5.48 Å². The van der Waals surface area contributed by atoms with E-state index in [0.717, 1.165) is 0 Å². The summed E-state index contributed by atoms with van der Waals surface area (Å²) in [4.78, 5) is 4.21. The monoisotopic (exact) mass is 476 g/mol. The molecule has 0 amide bonds. The highest BCUT2D eigenvalue weighted by molar-refractivity contribution is 9.10. The van der Waals surface area contributed by atoms with Gasteiger partial charge in [-0.3, -0.25) is 15.3 Å². The summed E-state index contributed by atoms with van der Waals surface area (Å²) < 4.78 is 37.6. The van der Waals surface area contributed by atoms with Gasteiger partial charge in [0.25, 0.3) is 7.52 Å². The van der Waals surface area contributed by atoms with Crippen molar-refractivity contribution in [1.82, 2.24) is 20.5 Å². The standard InChI is InChI=1S/C15H19BrFN6O4P/c1-26-28(2,25)23-6-5-10(8-23)19-15-13(21-27-22-15)14(20-24)18-9-3-4-12(17)11(16)7-9/h3-4,7,10,24H,5-6,8H2,1-2H3,(H,18,20)(H,19,22). The van der Waals surface area contributed by atoms with Gasteiger partial charge in [0.15, 0.2) is 11.5 Å². The zero-order chi connectivity index (χ0) is 20.3. The first-order valence-electron chi connectivity index (χ1n) is 8.26. The average molecular weight is 477 g/mol. The van der Waals surface area contributed by atoms with Crippen LogP contribution in [0, 0.1) is 5.82 Å². The van der Waals surface area contributed by atoms with Crippen molar-refractivity contribution in [3.8, 4) is 0 Å². The second kappa shape index (κ2) is 8.66. The van der Waals surface area contributed by atoms with Crippen LogP contribution in [0.25, 0.3) is 0 Å². The van der Waals surface area contributed by atoms with Gasteiger partial charge in [0.2, 0.25) is 5.82 Å². The number of rotatable bonds is 6. The van der Waals surface area contributed by atoms with Gasteiger partial charge in [-0.25, -0.2) is 18.7 Å². The fourth-order valence-electron chi connectivity index (χ4n) is 2.75. The molecule has 1 aromatic carbocycles. The topological polar surface area (TPSA) is 125 Å². The minimum Gasteiger partial charge on any atom is -0.361 e. The number of anilines is 1. The highest BCUT2D eigenvalue weighted by Gasteiger charge is 2.34. The van der Waals surface area contributed by atoms with Gasteiger partial charge in [0.1, 0.15) is 5.82 Å². The number of amidine groups is 1. The summed E-state index contributed by atoms with van der Waals surface area (Å²) in [5, 5.41) is 20.2. The predicted octanol–water partition coefficient (Wildman–Crippen LogP) is 2.98. The third kappa shape index (κ3) is 4.58. The van der Waals surface area contributed by atoms with Gasteiger partial charge in [-0.05, 0) is 50.9 Å². The van der Waals surface area contributed by atoms with Crippen LogP contribution >= 0.6 is 23.4 Å². The van der Waals surface area contributed by atoms with Crippen molar-refractivity contribution in [2.24, 2.45) is 4.99 Å². The first-order chi connectivity index (χ1) is 13.3. The molecule has 3 N–H and O–H groups in total. The molecule has 1 saturated heterocycles. The van der Waals surface area contributed by atoms with E-state index >= 15 is 0 Å². The third-order valence-electron chi connectivity index (χ3n) is 4.32. The van der Waals surface area contributed by atoms with E-state index in [1.54, 1.807) is 11.3 Å². The Morgan fingerprint density at radius 3 is 3.00 bits per heavy atom. The fourth-order valence-corrected chi connectivity index (χ4v) is 4.32. The van der Waals surface area contributed by atoms with Crippen LogP contribution in [0.4, 0.5) is 15.9 Å². The van der Waals surface area contributed by atoms with E-state index in [0.29, 0.717) is 25.2 Å². The molecule has 28 heavy (non-hydrogen) atoms. The molecule has 1 aromatic heterocycles. The summed E-state index contributed by atoms with van der Waals surface area (Å²) in [7, 11) is -1.40. The number of hydroxylamine groups is 1. The highest BCUT2D eigenvalue weighted by Crippen LogP contribution is 2.48. The van der Waals surface area contributed by atoms with Gasteiger partial charge in [0, 0.05) is 32.9 Å². The lowest BCUT2D eigenvalue weighted by molar-refractivity contribution is 0.234. The van der Waals surface area contributed by atoms with Crippen LogP contribution in [-0.2, 0) is 9.09 Å². The van der Waals surface area contributed by atoms with Crippen LogP contribution in [0.5, 0.6) is 0 Å². The van der Waals surface area contributed by atoms with Crippen molar-refractivity contribution >= 4 is 40.8 Å². The Bertz CT molecular complexity index is 926. The number of nitrogens with zero attached hydrogens (tertiary/aromatic N) is 4. The number of halogens is 2. The van der Waals surface area contributed by atoms with Crippen LogP contribution < -0.4 is 10.8 Å². The quantitative estimate of drug-likeness (QED) is 0.249. The summed E-state index contributed by atoms with van der Waals surface area (Å²) in [6.07, 6.45) is 0.706. The lowest BCUT2D eigenvalue weighted by Gasteiger charge is -2.22. The number of nitrogens with one attached hydrogen (secondary N) is 2. The van der Waals surface area contributed by atoms with E-state index in [-0.39, 0.29) is 27.9 Å². The van der Waals surface area contributed by atoms with Gasteiger partial charge in [-0.1, -0.05) is 0 Å². The summed E-state index contributed by atoms with van der Waals surface area (Å²) in [5.41, 5.74) is 2.48. The molecule has 3 rings (SSSR count). The third-order valence-corrected chi connectivity index (χ3v) is 7.00. The smallest absolute Gasteiger partial charge is 0.269 e. The molecule has 0 radical (unpaired) electrons. The molecule has 152 valence electrons. The molecule has 2 unspecified atom stereocenters. The Balaban J connectivity index is 1.78. The molecule has 2 aromatic rings. The first kappa shape index (κ1) is 20.9. The maximum atomic E-state index is 13.4. The van der Waals surface area contributed by atoms with Gasteiger partial charge < -0.3 is 9.84 Å². The maximum Gasteiger partial charge on any atom is 0.269 e. The summed E-state index contributed by atoms with van der Waals surface area (Å²) in [5.74, 6) is -0.204. The van der Waals surface area contributed by atoms with Gasteiger partial charge in [-0.15, -0.1) is 0 Å². The SMILES string of the molecule is COP(C)(=O)N1CCC(Nc2nonc2C(=Nc2ccc(F)c(Br)c2)NO)C1. The molecule has 1 aliphatic rings. The molecule has 1 fully saturated rings. The minimum atomic E-state index is -2.82. The molecule has 0 saturated carbocycles. The van der Waals surface area contributed by atoms with Crippen molar-refractivity contribution < 1.29 is 23.3 Å². The molecular formula is C15H19BrFN6O4P. The molecule has 0 bridgehead atoms. The number of aliphatic imine (C=N–C) groups is 1. The van der Waals surface area contributed by atoms with Gasteiger partial charge >= 0.3 is 0 Å². The minimum absolute atomic E-state index is 0.0323. The van der Waals surface area contributed by atoms with E-state index < -0.39 is 13.3 Å². The summed E-state index contributed by atoms with van der Waals surface area (Å²) in [6.45, 7) is 2.65. The predicted molar refractivity (Wildman–Crippen MR) is 104 cm³/mol. The normalized spacial score (nSPS) is 20.2.